The van der Waals surface area contributed by atoms with Crippen molar-refractivity contribution in [3.05, 3.63) is 23.3 Å². The first-order valence-corrected chi connectivity index (χ1v) is 9.21. The fraction of sp³-hybridized carbons (Fsp3) is 0.600. The second-order valence-corrected chi connectivity index (χ2v) is 8.11. The van der Waals surface area contributed by atoms with E-state index in [0.717, 1.165) is 6.07 Å². The van der Waals surface area contributed by atoms with Crippen LogP contribution in [0.4, 0.5) is 22.0 Å². The fourth-order valence-electron chi connectivity index (χ4n) is 3.10. The van der Waals surface area contributed by atoms with Gasteiger partial charge in [0.25, 0.3) is 15.8 Å². The molecule has 1 aromatic rings. The normalized spacial score (nSPS) is 25.8. The van der Waals surface area contributed by atoms with Crippen LogP contribution < -0.4 is 4.74 Å². The van der Waals surface area contributed by atoms with Crippen molar-refractivity contribution >= 4 is 9.84 Å². The molecule has 11 heteroatoms. The fourth-order valence-corrected chi connectivity index (χ4v) is 4.12. The number of benzene rings is 1. The Balaban J connectivity index is 2.09. The molecule has 0 saturated carbocycles. The predicted molar refractivity (Wildman–Crippen MR) is 77.8 cm³/mol. The first-order chi connectivity index (χ1) is 11.9. The number of halogens is 5. The molecule has 2 atom stereocenters. The monoisotopic (exact) mass is 402 g/mol. The molecule has 1 N–H and O–H groups in total. The van der Waals surface area contributed by atoms with Gasteiger partial charge in [-0.2, -0.15) is 13.2 Å². The third kappa shape index (κ3) is 3.16. The highest BCUT2D eigenvalue weighted by molar-refractivity contribution is 7.92. The van der Waals surface area contributed by atoms with Crippen LogP contribution in [0.3, 0.4) is 0 Å². The number of ether oxygens (including phenoxy) is 2. The van der Waals surface area contributed by atoms with Gasteiger partial charge in [0.15, 0.2) is 0 Å². The summed E-state index contributed by atoms with van der Waals surface area (Å²) in [5, 5.41) is 9.79. The quantitative estimate of drug-likeness (QED) is 0.788. The number of aliphatic hydroxyl groups excluding tert-OH is 1. The largest absolute Gasteiger partial charge is 0.501 e. The minimum atomic E-state index is -5.91. The molecule has 0 aromatic heterocycles. The van der Waals surface area contributed by atoms with Gasteiger partial charge in [0, 0.05) is 24.2 Å². The molecule has 0 spiro atoms. The molecular weight excluding hydrogens is 387 g/mol. The number of alkyl halides is 5. The number of rotatable bonds is 3. The minimum absolute atomic E-state index is 0.173. The lowest BCUT2D eigenvalue weighted by molar-refractivity contribution is -0.0979. The van der Waals surface area contributed by atoms with E-state index in [9.17, 15) is 35.5 Å². The maximum atomic E-state index is 13.9. The standard InChI is InChI=1S/C15H15F5O5S/c16-14(17)6-9-10(25-8-2-1-5-24-7-8)3-4-11(12(9)13(14)21)26(22,23)15(18,19)20/h3-4,8,13,21H,1-2,5-7H2/t8-,13-/m0/s1. The maximum Gasteiger partial charge on any atom is 0.501 e. The molecule has 146 valence electrons. The molecular formula is C15H15F5O5S. The zero-order valence-electron chi connectivity index (χ0n) is 13.2. The predicted octanol–water partition coefficient (Wildman–Crippen LogP) is 2.76. The van der Waals surface area contributed by atoms with E-state index in [-0.39, 0.29) is 12.4 Å². The molecule has 1 aliphatic heterocycles. The summed E-state index contributed by atoms with van der Waals surface area (Å²) < 4.78 is 101. The Labute approximate surface area is 145 Å². The van der Waals surface area contributed by atoms with E-state index in [1.807, 2.05) is 0 Å². The second kappa shape index (κ2) is 6.31. The summed E-state index contributed by atoms with van der Waals surface area (Å²) >= 11 is 0. The van der Waals surface area contributed by atoms with Crippen molar-refractivity contribution in [3.8, 4) is 5.75 Å². The Bertz CT molecular complexity index is 799. The summed E-state index contributed by atoms with van der Waals surface area (Å²) in [4.78, 5) is -1.38. The van der Waals surface area contributed by atoms with Gasteiger partial charge in [-0.15, -0.1) is 0 Å². The molecule has 26 heavy (non-hydrogen) atoms. The summed E-state index contributed by atoms with van der Waals surface area (Å²) in [5.74, 6) is -3.98. The third-order valence-corrected chi connectivity index (χ3v) is 5.91. The molecule has 1 aliphatic carbocycles. The lowest BCUT2D eigenvalue weighted by Gasteiger charge is -2.25. The van der Waals surface area contributed by atoms with Crippen LogP contribution in [0.15, 0.2) is 17.0 Å². The van der Waals surface area contributed by atoms with Crippen LogP contribution in [-0.2, 0) is 21.0 Å². The molecule has 0 radical (unpaired) electrons. The zero-order chi connectivity index (χ0) is 19.3. The summed E-state index contributed by atoms with van der Waals surface area (Å²) in [7, 11) is -5.91. The molecule has 0 unspecified atom stereocenters. The Morgan fingerprint density at radius 1 is 1.27 bits per heavy atom. The number of hydrogen-bond acceptors (Lipinski definition) is 5. The smallest absolute Gasteiger partial charge is 0.488 e. The molecule has 1 fully saturated rings. The van der Waals surface area contributed by atoms with Gasteiger partial charge in [-0.3, -0.25) is 0 Å². The minimum Gasteiger partial charge on any atom is -0.488 e. The molecule has 0 bridgehead atoms. The van der Waals surface area contributed by atoms with Crippen LogP contribution in [0.25, 0.3) is 0 Å². The number of hydrogen-bond donors (Lipinski definition) is 1. The SMILES string of the molecule is O=S(=O)(c1ccc(O[C@H]2CCCOC2)c2c1[C@H](O)C(F)(F)C2)C(F)(F)F. The van der Waals surface area contributed by atoms with Crippen molar-refractivity contribution in [1.82, 2.24) is 0 Å². The van der Waals surface area contributed by atoms with E-state index in [0.29, 0.717) is 25.5 Å². The van der Waals surface area contributed by atoms with Gasteiger partial charge in [-0.05, 0) is 25.0 Å². The van der Waals surface area contributed by atoms with Gasteiger partial charge in [-0.1, -0.05) is 0 Å². The summed E-state index contributed by atoms with van der Waals surface area (Å²) in [6.45, 7) is 0.688. The molecule has 1 heterocycles. The van der Waals surface area contributed by atoms with E-state index in [1.165, 1.54) is 0 Å². The van der Waals surface area contributed by atoms with Gasteiger partial charge in [0.05, 0.1) is 11.5 Å². The molecule has 1 aromatic carbocycles. The number of sulfone groups is 1. The lowest BCUT2D eigenvalue weighted by Crippen LogP contribution is -2.28. The highest BCUT2D eigenvalue weighted by Gasteiger charge is 2.55. The van der Waals surface area contributed by atoms with Crippen LogP contribution in [0.1, 0.15) is 30.1 Å². The van der Waals surface area contributed by atoms with Gasteiger partial charge >= 0.3 is 5.51 Å². The average Bonchev–Trinajstić information content (AvgIpc) is 2.78. The number of aliphatic hydroxyl groups is 1. The molecule has 1 saturated heterocycles. The van der Waals surface area contributed by atoms with Crippen molar-refractivity contribution in [1.29, 1.82) is 0 Å². The van der Waals surface area contributed by atoms with Crippen LogP contribution in [0.5, 0.6) is 5.75 Å². The van der Waals surface area contributed by atoms with Crippen molar-refractivity contribution in [2.24, 2.45) is 0 Å². The molecule has 5 nitrogen and oxygen atoms in total. The Kier molecular flexibility index (Phi) is 4.68. The Morgan fingerprint density at radius 2 is 1.96 bits per heavy atom. The zero-order valence-corrected chi connectivity index (χ0v) is 14.0. The van der Waals surface area contributed by atoms with E-state index in [4.69, 9.17) is 9.47 Å². The van der Waals surface area contributed by atoms with Crippen LogP contribution in [0, 0.1) is 0 Å². The van der Waals surface area contributed by atoms with Gasteiger partial charge in [0.2, 0.25) is 0 Å². The molecule has 0 amide bonds. The van der Waals surface area contributed by atoms with Gasteiger partial charge in [0.1, 0.15) is 18.0 Å². The lowest BCUT2D eigenvalue weighted by atomic mass is 10.1. The van der Waals surface area contributed by atoms with E-state index in [1.54, 1.807) is 0 Å². The number of fused-ring (bicyclic) bond motifs is 1. The van der Waals surface area contributed by atoms with E-state index < -0.39 is 55.9 Å². The van der Waals surface area contributed by atoms with Crippen molar-refractivity contribution in [3.63, 3.8) is 0 Å². The average molecular weight is 402 g/mol. The molecule has 2 aliphatic rings. The van der Waals surface area contributed by atoms with Crippen LogP contribution in [0.2, 0.25) is 0 Å². The Hall–Kier alpha value is -1.46. The third-order valence-electron chi connectivity index (χ3n) is 4.37. The van der Waals surface area contributed by atoms with Crippen molar-refractivity contribution < 1.29 is 45.0 Å². The van der Waals surface area contributed by atoms with Crippen molar-refractivity contribution in [2.75, 3.05) is 13.2 Å². The second-order valence-electron chi connectivity index (χ2n) is 6.20. The highest BCUT2D eigenvalue weighted by atomic mass is 32.2. The highest BCUT2D eigenvalue weighted by Crippen LogP contribution is 2.50. The summed E-state index contributed by atoms with van der Waals surface area (Å²) in [6.07, 6.45) is -3.07. The Morgan fingerprint density at radius 3 is 2.54 bits per heavy atom. The van der Waals surface area contributed by atoms with E-state index in [2.05, 4.69) is 0 Å². The first-order valence-electron chi connectivity index (χ1n) is 7.72. The summed E-state index contributed by atoms with van der Waals surface area (Å²) in [5.41, 5.74) is -7.07. The summed E-state index contributed by atoms with van der Waals surface area (Å²) in [6, 6.07) is 1.46. The topological polar surface area (TPSA) is 72.8 Å². The maximum absolute atomic E-state index is 13.9. The van der Waals surface area contributed by atoms with Gasteiger partial charge < -0.3 is 14.6 Å². The molecule has 3 rings (SSSR count). The van der Waals surface area contributed by atoms with Crippen LogP contribution in [-0.4, -0.2) is 44.3 Å². The first kappa shape index (κ1) is 19.3. The van der Waals surface area contributed by atoms with Crippen LogP contribution >= 0.6 is 0 Å². The van der Waals surface area contributed by atoms with E-state index >= 15 is 0 Å². The van der Waals surface area contributed by atoms with Gasteiger partial charge in [-0.25, -0.2) is 17.2 Å². The van der Waals surface area contributed by atoms with Crippen molar-refractivity contribution in [2.45, 2.75) is 47.8 Å².